The maximum atomic E-state index is 12.8. The summed E-state index contributed by atoms with van der Waals surface area (Å²) in [7, 11) is 0. The molecule has 1 amide bonds. The van der Waals surface area contributed by atoms with Crippen LogP contribution in [-0.2, 0) is 11.4 Å². The van der Waals surface area contributed by atoms with E-state index in [0.29, 0.717) is 18.8 Å². The van der Waals surface area contributed by atoms with E-state index in [1.54, 1.807) is 16.0 Å². The number of fused-ring (bicyclic) bond motifs is 2. The molecule has 0 bridgehead atoms. The van der Waals surface area contributed by atoms with Crippen molar-refractivity contribution in [1.82, 2.24) is 14.8 Å². The molecule has 0 spiro atoms. The van der Waals surface area contributed by atoms with Crippen molar-refractivity contribution in [1.29, 1.82) is 0 Å². The van der Waals surface area contributed by atoms with E-state index < -0.39 is 0 Å². The number of amides is 1. The molecule has 0 unspecified atom stereocenters. The van der Waals surface area contributed by atoms with Gasteiger partial charge < -0.3 is 10.1 Å². The molecule has 0 fully saturated rings. The first-order chi connectivity index (χ1) is 16.7. The Balaban J connectivity index is 1.36. The van der Waals surface area contributed by atoms with Crippen molar-refractivity contribution in [3.05, 3.63) is 101 Å². The number of para-hydroxylation sites is 2. The molecule has 1 aliphatic heterocycles. The Hall–Kier alpha value is -3.97. The number of rotatable bonds is 5. The molecule has 2 aromatic heterocycles. The van der Waals surface area contributed by atoms with Crippen LogP contribution in [0.5, 0.6) is 5.75 Å². The van der Waals surface area contributed by atoms with Crippen LogP contribution in [0.4, 0.5) is 5.82 Å². The molecule has 34 heavy (non-hydrogen) atoms. The second kappa shape index (κ2) is 8.43. The third-order valence-corrected chi connectivity index (χ3v) is 7.07. The third kappa shape index (κ3) is 3.74. The van der Waals surface area contributed by atoms with E-state index in [9.17, 15) is 4.79 Å². The number of nitrogens with one attached hydrogen (secondary N) is 1. The molecule has 3 aromatic carbocycles. The van der Waals surface area contributed by atoms with Crippen LogP contribution in [-0.4, -0.2) is 20.7 Å². The molecular weight excluding hydrogens is 444 g/mol. The van der Waals surface area contributed by atoms with Gasteiger partial charge in [0.25, 0.3) is 0 Å². The lowest BCUT2D eigenvalue weighted by atomic mass is 9.87. The summed E-state index contributed by atoms with van der Waals surface area (Å²) in [6.07, 6.45) is 2.17. The lowest BCUT2D eigenvalue weighted by Gasteiger charge is -2.25. The number of aryl methyl sites for hydroxylation is 1. The number of thiazole rings is 1. The number of benzene rings is 3. The van der Waals surface area contributed by atoms with Crippen molar-refractivity contribution >= 4 is 33.3 Å². The lowest BCUT2D eigenvalue weighted by Crippen LogP contribution is -2.24. The molecule has 168 valence electrons. The molecule has 1 atom stereocenters. The number of hydrogen-bond donors (Lipinski definition) is 1. The Morgan fingerprint density at radius 1 is 1.06 bits per heavy atom. The van der Waals surface area contributed by atoms with E-state index in [1.165, 1.54) is 5.56 Å². The first kappa shape index (κ1) is 20.6. The van der Waals surface area contributed by atoms with Crippen LogP contribution in [0.3, 0.4) is 0 Å². The number of ether oxygens (including phenoxy) is 1. The molecule has 0 aliphatic carbocycles. The number of carbonyl (C=O) groups excluding carboxylic acids is 1. The van der Waals surface area contributed by atoms with Gasteiger partial charge in [-0.2, -0.15) is 9.78 Å². The number of hydrogen-bond acceptors (Lipinski definition) is 5. The molecule has 0 saturated heterocycles. The standard InChI is InChI=1S/C27H22N4O2S/c1-17-7-6-8-18(13-17)16-33-23-11-4-2-9-19(23)20-14-25(32)30-26-21(20)15-28-31(26)27-29-22-10-3-5-12-24(22)34-27/h2-13,15,20H,14,16H2,1H3,(H,30,32)/t20-/m1/s1. The molecule has 1 aliphatic rings. The van der Waals surface area contributed by atoms with Crippen LogP contribution >= 0.6 is 11.3 Å². The maximum Gasteiger partial charge on any atom is 0.226 e. The van der Waals surface area contributed by atoms with E-state index in [1.807, 2.05) is 60.8 Å². The number of anilines is 1. The molecule has 6 nitrogen and oxygen atoms in total. The number of aromatic nitrogens is 3. The summed E-state index contributed by atoms with van der Waals surface area (Å²) in [6.45, 7) is 2.54. The van der Waals surface area contributed by atoms with Gasteiger partial charge in [-0.1, -0.05) is 71.5 Å². The topological polar surface area (TPSA) is 69.0 Å². The predicted molar refractivity (Wildman–Crippen MR) is 134 cm³/mol. The highest BCUT2D eigenvalue weighted by molar-refractivity contribution is 7.20. The molecule has 3 heterocycles. The van der Waals surface area contributed by atoms with Gasteiger partial charge in [-0.05, 0) is 30.7 Å². The minimum atomic E-state index is -0.152. The predicted octanol–water partition coefficient (Wildman–Crippen LogP) is 5.84. The summed E-state index contributed by atoms with van der Waals surface area (Å²) in [4.78, 5) is 17.5. The van der Waals surface area contributed by atoms with Crippen molar-refractivity contribution in [2.24, 2.45) is 0 Å². The quantitative estimate of drug-likeness (QED) is 0.353. The normalized spacial score (nSPS) is 15.2. The molecule has 0 radical (unpaired) electrons. The van der Waals surface area contributed by atoms with Gasteiger partial charge in [0, 0.05) is 23.5 Å². The highest BCUT2D eigenvalue weighted by Crippen LogP contribution is 2.42. The highest BCUT2D eigenvalue weighted by atomic mass is 32.1. The Bertz CT molecular complexity index is 1490. The van der Waals surface area contributed by atoms with Gasteiger partial charge >= 0.3 is 0 Å². The largest absolute Gasteiger partial charge is 0.489 e. The smallest absolute Gasteiger partial charge is 0.226 e. The second-order valence-electron chi connectivity index (χ2n) is 8.44. The molecular formula is C27H22N4O2S. The van der Waals surface area contributed by atoms with E-state index in [0.717, 1.165) is 37.8 Å². The van der Waals surface area contributed by atoms with Crippen LogP contribution in [0.1, 0.15) is 34.6 Å². The Morgan fingerprint density at radius 2 is 1.91 bits per heavy atom. The van der Waals surface area contributed by atoms with Gasteiger partial charge in [-0.25, -0.2) is 4.98 Å². The fraction of sp³-hybridized carbons (Fsp3) is 0.148. The average molecular weight is 467 g/mol. The van der Waals surface area contributed by atoms with Gasteiger partial charge in [0.2, 0.25) is 11.0 Å². The first-order valence-corrected chi connectivity index (χ1v) is 12.0. The first-order valence-electron chi connectivity index (χ1n) is 11.2. The fourth-order valence-electron chi connectivity index (χ4n) is 4.46. The van der Waals surface area contributed by atoms with Crippen molar-refractivity contribution < 1.29 is 9.53 Å². The van der Waals surface area contributed by atoms with Gasteiger partial charge in [0.15, 0.2) is 0 Å². The molecule has 7 heteroatoms. The minimum Gasteiger partial charge on any atom is -0.489 e. The number of carbonyl (C=O) groups is 1. The van der Waals surface area contributed by atoms with E-state index in [4.69, 9.17) is 9.72 Å². The molecule has 6 rings (SSSR count). The second-order valence-corrected chi connectivity index (χ2v) is 9.45. The van der Waals surface area contributed by atoms with Gasteiger partial charge in [-0.3, -0.25) is 4.79 Å². The zero-order valence-electron chi connectivity index (χ0n) is 18.6. The van der Waals surface area contributed by atoms with Gasteiger partial charge in [0.1, 0.15) is 18.2 Å². The van der Waals surface area contributed by atoms with Crippen LogP contribution in [0, 0.1) is 6.92 Å². The monoisotopic (exact) mass is 466 g/mol. The van der Waals surface area contributed by atoms with E-state index in [2.05, 4.69) is 35.5 Å². The average Bonchev–Trinajstić information content (AvgIpc) is 3.46. The SMILES string of the molecule is Cc1cccc(COc2ccccc2[C@H]2CC(=O)Nc3c2cnn3-c2nc3ccccc3s2)c1. The van der Waals surface area contributed by atoms with Crippen molar-refractivity contribution in [2.45, 2.75) is 25.9 Å². The number of nitrogens with zero attached hydrogens (tertiary/aromatic N) is 3. The maximum absolute atomic E-state index is 12.8. The summed E-state index contributed by atoms with van der Waals surface area (Å²) in [5.74, 6) is 1.26. The molecule has 5 aromatic rings. The third-order valence-electron chi connectivity index (χ3n) is 6.06. The van der Waals surface area contributed by atoms with E-state index in [-0.39, 0.29) is 11.8 Å². The van der Waals surface area contributed by atoms with Gasteiger partial charge in [-0.15, -0.1) is 0 Å². The summed E-state index contributed by atoms with van der Waals surface area (Å²) in [5.41, 5.74) is 5.17. The molecule has 0 saturated carbocycles. The van der Waals surface area contributed by atoms with Crippen molar-refractivity contribution in [3.8, 4) is 10.9 Å². The highest BCUT2D eigenvalue weighted by Gasteiger charge is 2.32. The molecule has 1 N–H and O–H groups in total. The Labute approximate surface area is 200 Å². The Morgan fingerprint density at radius 3 is 2.79 bits per heavy atom. The summed E-state index contributed by atoms with van der Waals surface area (Å²) in [5, 5.41) is 8.37. The van der Waals surface area contributed by atoms with Crippen LogP contribution in [0.15, 0.2) is 79.0 Å². The minimum absolute atomic E-state index is 0.0474. The zero-order valence-corrected chi connectivity index (χ0v) is 19.4. The lowest BCUT2D eigenvalue weighted by molar-refractivity contribution is -0.116. The van der Waals surface area contributed by atoms with E-state index >= 15 is 0 Å². The summed E-state index contributed by atoms with van der Waals surface area (Å²) >= 11 is 1.55. The summed E-state index contributed by atoms with van der Waals surface area (Å²) in [6, 6.07) is 24.2. The van der Waals surface area contributed by atoms with Crippen molar-refractivity contribution in [3.63, 3.8) is 0 Å². The van der Waals surface area contributed by atoms with Crippen molar-refractivity contribution in [2.75, 3.05) is 5.32 Å². The Kier molecular flexibility index (Phi) is 5.11. The zero-order chi connectivity index (χ0) is 23.1. The van der Waals surface area contributed by atoms with Crippen LogP contribution in [0.25, 0.3) is 15.3 Å². The van der Waals surface area contributed by atoms with Crippen LogP contribution < -0.4 is 10.1 Å². The fourth-order valence-corrected chi connectivity index (χ4v) is 5.39. The van der Waals surface area contributed by atoms with Crippen LogP contribution in [0.2, 0.25) is 0 Å². The summed E-state index contributed by atoms with van der Waals surface area (Å²) < 4.78 is 9.06. The van der Waals surface area contributed by atoms with Gasteiger partial charge in [0.05, 0.1) is 16.4 Å².